The molecule has 0 aliphatic rings. The van der Waals surface area contributed by atoms with E-state index in [0.29, 0.717) is 0 Å². The summed E-state index contributed by atoms with van der Waals surface area (Å²) in [5.41, 5.74) is 2.35. The number of hydrogen-bond donors (Lipinski definition) is 0. The zero-order valence-corrected chi connectivity index (χ0v) is 6.97. The lowest BCUT2D eigenvalue weighted by Gasteiger charge is -1.91. The van der Waals surface area contributed by atoms with E-state index in [2.05, 4.69) is 0 Å². The first-order valence-corrected chi connectivity index (χ1v) is 3.05. The third-order valence-corrected chi connectivity index (χ3v) is 0.607. The Morgan fingerprint density at radius 3 is 1.40 bits per heavy atom. The standard InChI is InChI=1S/C8H14O.FH/c1-7(2)5-9-6-8(3)4;/h5-6H,1-4H3;1H. The van der Waals surface area contributed by atoms with E-state index in [1.54, 1.807) is 12.5 Å². The van der Waals surface area contributed by atoms with Crippen LogP contribution in [0.4, 0.5) is 4.70 Å². The highest BCUT2D eigenvalue weighted by Gasteiger charge is 1.75. The van der Waals surface area contributed by atoms with E-state index in [4.69, 9.17) is 4.74 Å². The fraction of sp³-hybridized carbons (Fsp3) is 0.500. The van der Waals surface area contributed by atoms with Gasteiger partial charge in [-0.05, 0) is 38.8 Å². The van der Waals surface area contributed by atoms with Crippen LogP contribution in [0, 0.1) is 0 Å². The van der Waals surface area contributed by atoms with Gasteiger partial charge in [0.25, 0.3) is 0 Å². The van der Waals surface area contributed by atoms with Crippen LogP contribution in [0.5, 0.6) is 0 Å². The van der Waals surface area contributed by atoms with Crippen LogP contribution < -0.4 is 0 Å². The van der Waals surface area contributed by atoms with Crippen molar-refractivity contribution in [3.8, 4) is 0 Å². The number of halogens is 1. The molecule has 0 amide bonds. The molecule has 0 aliphatic carbocycles. The zero-order chi connectivity index (χ0) is 7.28. The fourth-order valence-corrected chi connectivity index (χ4v) is 0.306. The quantitative estimate of drug-likeness (QED) is 0.544. The lowest BCUT2D eigenvalue weighted by molar-refractivity contribution is 0.393. The molecule has 0 aromatic rings. The SMILES string of the molecule is CC(C)=COC=C(C)C.F. The second kappa shape index (κ2) is 6.33. The first kappa shape index (κ1) is 11.9. The minimum atomic E-state index is 0. The average Bonchev–Trinajstić information content (AvgIpc) is 1.63. The first-order valence-electron chi connectivity index (χ1n) is 3.05. The van der Waals surface area contributed by atoms with Crippen molar-refractivity contribution in [3.05, 3.63) is 23.7 Å². The smallest absolute Gasteiger partial charge is 0.0887 e. The van der Waals surface area contributed by atoms with Gasteiger partial charge in [0.1, 0.15) is 0 Å². The second-order valence-electron chi connectivity index (χ2n) is 2.53. The Kier molecular flexibility index (Phi) is 7.56. The summed E-state index contributed by atoms with van der Waals surface area (Å²) < 4.78 is 5.03. The van der Waals surface area contributed by atoms with Crippen LogP contribution >= 0.6 is 0 Å². The van der Waals surface area contributed by atoms with Crippen LogP contribution in [0.2, 0.25) is 0 Å². The van der Waals surface area contributed by atoms with Crippen molar-refractivity contribution < 1.29 is 9.44 Å². The highest BCUT2D eigenvalue weighted by Crippen LogP contribution is 1.93. The molecule has 0 aromatic carbocycles. The van der Waals surface area contributed by atoms with Crippen molar-refractivity contribution in [2.24, 2.45) is 0 Å². The lowest BCUT2D eigenvalue weighted by atomic mass is 10.4. The highest BCUT2D eigenvalue weighted by atomic mass is 19.0. The molecule has 0 rings (SSSR count). The van der Waals surface area contributed by atoms with Crippen LogP contribution in [0.15, 0.2) is 23.7 Å². The Morgan fingerprint density at radius 1 is 0.900 bits per heavy atom. The minimum Gasteiger partial charge on any atom is -0.473 e. The molecule has 0 atom stereocenters. The van der Waals surface area contributed by atoms with Gasteiger partial charge in [-0.1, -0.05) is 0 Å². The first-order chi connectivity index (χ1) is 4.13. The van der Waals surface area contributed by atoms with Gasteiger partial charge in [0.2, 0.25) is 0 Å². The third kappa shape index (κ3) is 10.2. The topological polar surface area (TPSA) is 9.23 Å². The molecule has 2 heteroatoms. The van der Waals surface area contributed by atoms with E-state index in [-0.39, 0.29) is 4.70 Å². The van der Waals surface area contributed by atoms with Gasteiger partial charge in [0.15, 0.2) is 0 Å². The van der Waals surface area contributed by atoms with Gasteiger partial charge in [-0.25, -0.2) is 0 Å². The van der Waals surface area contributed by atoms with Gasteiger partial charge in [-0.3, -0.25) is 4.70 Å². The average molecular weight is 146 g/mol. The van der Waals surface area contributed by atoms with Crippen molar-refractivity contribution in [3.63, 3.8) is 0 Å². The Labute approximate surface area is 61.8 Å². The van der Waals surface area contributed by atoms with E-state index < -0.39 is 0 Å². The summed E-state index contributed by atoms with van der Waals surface area (Å²) in [7, 11) is 0. The highest BCUT2D eigenvalue weighted by molar-refractivity contribution is 4.92. The molecule has 10 heavy (non-hydrogen) atoms. The van der Waals surface area contributed by atoms with Crippen LogP contribution in [0.3, 0.4) is 0 Å². The molecule has 0 saturated carbocycles. The maximum absolute atomic E-state index is 5.03. The molecule has 0 aliphatic heterocycles. The summed E-state index contributed by atoms with van der Waals surface area (Å²) in [6, 6.07) is 0. The van der Waals surface area contributed by atoms with Crippen molar-refractivity contribution in [1.29, 1.82) is 0 Å². The predicted molar refractivity (Wildman–Crippen MR) is 42.5 cm³/mol. The third-order valence-electron chi connectivity index (χ3n) is 0.607. The molecule has 1 nitrogen and oxygen atoms in total. The lowest BCUT2D eigenvalue weighted by Crippen LogP contribution is -1.71. The van der Waals surface area contributed by atoms with E-state index >= 15 is 0 Å². The van der Waals surface area contributed by atoms with Crippen LogP contribution in [-0.2, 0) is 4.74 Å². The summed E-state index contributed by atoms with van der Waals surface area (Å²) in [6.45, 7) is 8.00. The molecular weight excluding hydrogens is 131 g/mol. The maximum atomic E-state index is 5.03. The van der Waals surface area contributed by atoms with E-state index in [1.807, 2.05) is 27.7 Å². The van der Waals surface area contributed by atoms with Gasteiger partial charge in [0, 0.05) is 0 Å². The number of rotatable bonds is 2. The zero-order valence-electron chi connectivity index (χ0n) is 6.97. The van der Waals surface area contributed by atoms with Crippen molar-refractivity contribution in [2.75, 3.05) is 0 Å². The summed E-state index contributed by atoms with van der Waals surface area (Å²) >= 11 is 0. The number of allylic oxidation sites excluding steroid dienone is 2. The van der Waals surface area contributed by atoms with Crippen molar-refractivity contribution >= 4 is 0 Å². The fourth-order valence-electron chi connectivity index (χ4n) is 0.306. The van der Waals surface area contributed by atoms with E-state index in [1.165, 1.54) is 11.1 Å². The summed E-state index contributed by atoms with van der Waals surface area (Å²) in [5, 5.41) is 0. The second-order valence-corrected chi connectivity index (χ2v) is 2.53. The van der Waals surface area contributed by atoms with Crippen molar-refractivity contribution in [1.82, 2.24) is 0 Å². The van der Waals surface area contributed by atoms with Gasteiger partial charge in [-0.2, -0.15) is 0 Å². The normalized spacial score (nSPS) is 7.20. The largest absolute Gasteiger partial charge is 0.473 e. The monoisotopic (exact) mass is 146 g/mol. The van der Waals surface area contributed by atoms with Gasteiger partial charge < -0.3 is 4.74 Å². The Bertz CT molecular complexity index is 112. The van der Waals surface area contributed by atoms with Gasteiger partial charge in [-0.15, -0.1) is 0 Å². The molecular formula is C8H15FO. The molecule has 0 N–H and O–H groups in total. The van der Waals surface area contributed by atoms with Crippen molar-refractivity contribution in [2.45, 2.75) is 27.7 Å². The molecule has 0 saturated heterocycles. The molecule has 0 heterocycles. The summed E-state index contributed by atoms with van der Waals surface area (Å²) in [6.07, 6.45) is 3.46. The molecule has 0 fully saturated rings. The Hall–Kier alpha value is -0.790. The Morgan fingerprint density at radius 2 is 1.20 bits per heavy atom. The molecule has 0 unspecified atom stereocenters. The predicted octanol–water partition coefficient (Wildman–Crippen LogP) is 3.00. The van der Waals surface area contributed by atoms with Gasteiger partial charge in [0.05, 0.1) is 12.5 Å². The number of hydrogen-bond acceptors (Lipinski definition) is 1. The van der Waals surface area contributed by atoms with Gasteiger partial charge >= 0.3 is 0 Å². The Balaban J connectivity index is 0. The molecule has 0 spiro atoms. The molecule has 0 aromatic heterocycles. The molecule has 60 valence electrons. The summed E-state index contributed by atoms with van der Waals surface area (Å²) in [4.78, 5) is 0. The molecule has 0 bridgehead atoms. The summed E-state index contributed by atoms with van der Waals surface area (Å²) in [5.74, 6) is 0. The van der Waals surface area contributed by atoms with E-state index in [9.17, 15) is 0 Å². The maximum Gasteiger partial charge on any atom is 0.0887 e. The van der Waals surface area contributed by atoms with Crippen LogP contribution in [-0.4, -0.2) is 0 Å². The number of ether oxygens (including phenoxy) is 1. The molecule has 0 radical (unpaired) electrons. The minimum absolute atomic E-state index is 0. The van der Waals surface area contributed by atoms with Crippen LogP contribution in [0.25, 0.3) is 0 Å². The van der Waals surface area contributed by atoms with Crippen LogP contribution in [0.1, 0.15) is 27.7 Å². The van der Waals surface area contributed by atoms with E-state index in [0.717, 1.165) is 0 Å².